The average molecular weight is 618 g/mol. The largest absolute Gasteiger partial charge is 0.611 e. The molecule has 0 spiro atoms. The zero-order valence-electron chi connectivity index (χ0n) is 25.8. The monoisotopic (exact) mass is 617 g/mol. The SMILES string of the molecule is CCCCOCCOc1ccc(-c2ccc(OC)c(/C=C/C(=O)Nc3ccc([S+]([O-])CC4=CNCN4CCC)cc3)c2)cc1. The zero-order chi connectivity index (χ0) is 31.1. The van der Waals surface area contributed by atoms with E-state index >= 15 is 0 Å². The van der Waals surface area contributed by atoms with Gasteiger partial charge in [0.25, 0.3) is 0 Å². The van der Waals surface area contributed by atoms with Crippen LogP contribution in [0.4, 0.5) is 5.69 Å². The van der Waals surface area contributed by atoms with Gasteiger partial charge in [-0.15, -0.1) is 0 Å². The Labute approximate surface area is 264 Å². The van der Waals surface area contributed by atoms with Gasteiger partial charge in [-0.3, -0.25) is 4.79 Å². The van der Waals surface area contributed by atoms with Gasteiger partial charge in [-0.05, 0) is 89.8 Å². The van der Waals surface area contributed by atoms with Crippen LogP contribution in [0.25, 0.3) is 17.2 Å². The molecule has 3 aromatic rings. The Kier molecular flexibility index (Phi) is 13.0. The fraction of sp³-hybridized carbons (Fsp3) is 0.343. The van der Waals surface area contributed by atoms with Crippen LogP contribution in [-0.4, -0.2) is 61.3 Å². The normalized spacial score (nSPS) is 13.5. The second-order valence-electron chi connectivity index (χ2n) is 10.4. The lowest BCUT2D eigenvalue weighted by Crippen LogP contribution is -2.27. The van der Waals surface area contributed by atoms with Gasteiger partial charge in [0.15, 0.2) is 10.6 Å². The van der Waals surface area contributed by atoms with Crippen molar-refractivity contribution in [1.29, 1.82) is 0 Å². The second-order valence-corrected chi connectivity index (χ2v) is 11.8. The van der Waals surface area contributed by atoms with E-state index in [4.69, 9.17) is 14.2 Å². The van der Waals surface area contributed by atoms with Crippen LogP contribution in [0.1, 0.15) is 38.7 Å². The van der Waals surface area contributed by atoms with Crippen molar-refractivity contribution < 1.29 is 23.6 Å². The number of hydrogen-bond donors (Lipinski definition) is 2. The molecule has 1 unspecified atom stereocenters. The number of unbranched alkanes of at least 4 members (excludes halogenated alkanes) is 1. The average Bonchev–Trinajstić information content (AvgIpc) is 3.48. The van der Waals surface area contributed by atoms with E-state index in [1.807, 2.05) is 48.7 Å². The molecule has 0 aliphatic carbocycles. The van der Waals surface area contributed by atoms with Crippen LogP contribution in [0.5, 0.6) is 11.5 Å². The van der Waals surface area contributed by atoms with Gasteiger partial charge in [0.1, 0.15) is 18.1 Å². The van der Waals surface area contributed by atoms with Crippen molar-refractivity contribution in [1.82, 2.24) is 10.2 Å². The minimum atomic E-state index is -1.18. The molecular weight excluding hydrogens is 574 g/mol. The van der Waals surface area contributed by atoms with Crippen molar-refractivity contribution >= 4 is 28.8 Å². The molecule has 1 heterocycles. The molecule has 3 aromatic carbocycles. The molecule has 0 saturated heterocycles. The number of methoxy groups -OCH3 is 1. The molecule has 1 aliphatic rings. The molecular formula is C35H43N3O5S. The molecule has 0 fully saturated rings. The van der Waals surface area contributed by atoms with E-state index in [0.29, 0.717) is 30.4 Å². The van der Waals surface area contributed by atoms with Crippen LogP contribution < -0.4 is 20.1 Å². The number of ether oxygens (including phenoxy) is 3. The number of rotatable bonds is 17. The molecule has 8 nitrogen and oxygen atoms in total. The number of nitrogens with one attached hydrogen (secondary N) is 2. The Morgan fingerprint density at radius 2 is 1.77 bits per heavy atom. The summed E-state index contributed by atoms with van der Waals surface area (Å²) in [5.41, 5.74) is 4.48. The zero-order valence-corrected chi connectivity index (χ0v) is 26.7. The fourth-order valence-corrected chi connectivity index (χ4v) is 5.84. The molecule has 1 amide bonds. The molecule has 2 N–H and O–H groups in total. The van der Waals surface area contributed by atoms with Crippen LogP contribution in [0.3, 0.4) is 0 Å². The van der Waals surface area contributed by atoms with Gasteiger partial charge in [0, 0.05) is 36.7 Å². The van der Waals surface area contributed by atoms with Crippen LogP contribution in [0.2, 0.25) is 0 Å². The minimum absolute atomic E-state index is 0.274. The maximum Gasteiger partial charge on any atom is 0.248 e. The first-order valence-electron chi connectivity index (χ1n) is 15.1. The number of amides is 1. The van der Waals surface area contributed by atoms with Crippen LogP contribution in [0, 0.1) is 0 Å². The van der Waals surface area contributed by atoms with Crippen molar-refractivity contribution in [2.24, 2.45) is 0 Å². The van der Waals surface area contributed by atoms with Crippen molar-refractivity contribution in [2.75, 3.05) is 51.2 Å². The smallest absolute Gasteiger partial charge is 0.248 e. The summed E-state index contributed by atoms with van der Waals surface area (Å²) in [5.74, 6) is 1.63. The van der Waals surface area contributed by atoms with Gasteiger partial charge in [0.05, 0.1) is 26.1 Å². The van der Waals surface area contributed by atoms with E-state index in [-0.39, 0.29) is 5.91 Å². The highest BCUT2D eigenvalue weighted by molar-refractivity contribution is 7.91. The van der Waals surface area contributed by atoms with Gasteiger partial charge in [-0.1, -0.05) is 38.5 Å². The highest BCUT2D eigenvalue weighted by Crippen LogP contribution is 2.29. The van der Waals surface area contributed by atoms with Gasteiger partial charge in [-0.25, -0.2) is 0 Å². The van der Waals surface area contributed by atoms with E-state index in [0.717, 1.165) is 72.1 Å². The summed E-state index contributed by atoms with van der Waals surface area (Å²) < 4.78 is 29.8. The Morgan fingerprint density at radius 3 is 2.50 bits per heavy atom. The quantitative estimate of drug-likeness (QED) is 0.102. The van der Waals surface area contributed by atoms with Crippen molar-refractivity contribution in [3.05, 3.63) is 90.3 Å². The Morgan fingerprint density at radius 1 is 1.00 bits per heavy atom. The number of benzene rings is 3. The molecule has 1 aliphatic heterocycles. The predicted molar refractivity (Wildman–Crippen MR) is 178 cm³/mol. The highest BCUT2D eigenvalue weighted by atomic mass is 32.2. The van der Waals surface area contributed by atoms with Crippen LogP contribution in [0.15, 0.2) is 89.6 Å². The molecule has 44 heavy (non-hydrogen) atoms. The maximum absolute atomic E-state index is 12.9. The number of anilines is 1. The van der Waals surface area contributed by atoms with E-state index < -0.39 is 11.2 Å². The fourth-order valence-electron chi connectivity index (χ4n) is 4.70. The third kappa shape index (κ3) is 9.80. The van der Waals surface area contributed by atoms with Gasteiger partial charge in [-0.2, -0.15) is 0 Å². The van der Waals surface area contributed by atoms with Crippen LogP contribution >= 0.6 is 0 Å². The lowest BCUT2D eigenvalue weighted by atomic mass is 10.0. The number of nitrogens with zero attached hydrogens (tertiary/aromatic N) is 1. The molecule has 1 atom stereocenters. The molecule has 0 bridgehead atoms. The number of carbonyl (C=O) groups is 1. The maximum atomic E-state index is 12.9. The summed E-state index contributed by atoms with van der Waals surface area (Å²) in [6, 6.07) is 20.9. The second kappa shape index (κ2) is 17.4. The summed E-state index contributed by atoms with van der Waals surface area (Å²) in [6.07, 6.45) is 8.38. The van der Waals surface area contributed by atoms with E-state index in [9.17, 15) is 9.35 Å². The van der Waals surface area contributed by atoms with Crippen LogP contribution in [-0.2, 0) is 20.7 Å². The summed E-state index contributed by atoms with van der Waals surface area (Å²) in [6.45, 7) is 7.82. The first kappa shape index (κ1) is 33.0. The molecule has 234 valence electrons. The van der Waals surface area contributed by atoms with Gasteiger partial charge >= 0.3 is 0 Å². The minimum Gasteiger partial charge on any atom is -0.611 e. The molecule has 9 heteroatoms. The third-order valence-corrected chi connectivity index (χ3v) is 8.44. The lowest BCUT2D eigenvalue weighted by Gasteiger charge is -2.21. The molecule has 0 radical (unpaired) electrons. The topological polar surface area (TPSA) is 95.1 Å². The molecule has 4 rings (SSSR count). The first-order valence-corrected chi connectivity index (χ1v) is 16.5. The van der Waals surface area contributed by atoms with E-state index in [2.05, 4.69) is 29.4 Å². The highest BCUT2D eigenvalue weighted by Gasteiger charge is 2.21. The van der Waals surface area contributed by atoms with Crippen molar-refractivity contribution in [2.45, 2.75) is 38.0 Å². The summed E-state index contributed by atoms with van der Waals surface area (Å²) >= 11 is -1.18. The third-order valence-electron chi connectivity index (χ3n) is 7.08. The first-order chi connectivity index (χ1) is 21.5. The Bertz CT molecular complexity index is 1390. The Hall–Kier alpha value is -3.92. The van der Waals surface area contributed by atoms with Gasteiger partial charge < -0.3 is 34.3 Å². The van der Waals surface area contributed by atoms with Gasteiger partial charge in [0.2, 0.25) is 5.91 Å². The molecule has 0 saturated carbocycles. The van der Waals surface area contributed by atoms with Crippen molar-refractivity contribution in [3.8, 4) is 22.6 Å². The summed E-state index contributed by atoms with van der Waals surface area (Å²) in [4.78, 5) is 15.7. The Balaban J connectivity index is 1.32. The number of carbonyl (C=O) groups excluding carboxylic acids is 1. The number of hydrogen-bond acceptors (Lipinski definition) is 7. The van der Waals surface area contributed by atoms with E-state index in [1.165, 1.54) is 6.08 Å². The summed E-state index contributed by atoms with van der Waals surface area (Å²) in [7, 11) is 1.61. The predicted octanol–water partition coefficient (Wildman–Crippen LogP) is 6.43. The lowest BCUT2D eigenvalue weighted by molar-refractivity contribution is -0.111. The van der Waals surface area contributed by atoms with E-state index in [1.54, 1.807) is 37.5 Å². The van der Waals surface area contributed by atoms with Crippen molar-refractivity contribution in [3.63, 3.8) is 0 Å². The standard InChI is InChI=1S/C35H43N3O5S/c1-4-6-20-42-21-22-43-32-13-7-27(8-14-32)28-9-17-34(41-3)29(23-28)10-18-35(39)37-30-11-15-33(16-12-30)44(40)25-31-24-36-26-38(31)19-5-2/h7-18,23-24,36H,4-6,19-22,25-26H2,1-3H3,(H,37,39)/b18-10+. The molecule has 0 aromatic heterocycles. The summed E-state index contributed by atoms with van der Waals surface area (Å²) in [5, 5.41) is 6.09.